The number of carbonyl (C=O) groups is 2. The van der Waals surface area contributed by atoms with Crippen molar-refractivity contribution in [2.75, 3.05) is 33.3 Å². The van der Waals surface area contributed by atoms with Gasteiger partial charge in [-0.3, -0.25) is 4.79 Å². The molecular formula is C23H23NO6S. The maximum atomic E-state index is 12.9. The van der Waals surface area contributed by atoms with Gasteiger partial charge in [0.25, 0.3) is 5.91 Å². The first-order valence-electron chi connectivity index (χ1n) is 9.48. The quantitative estimate of drug-likeness (QED) is 0.502. The second kappa shape index (κ2) is 9.99. The third kappa shape index (κ3) is 4.80. The van der Waals surface area contributed by atoms with E-state index in [9.17, 15) is 9.59 Å². The zero-order chi connectivity index (χ0) is 22.4. The molecule has 0 unspecified atom stereocenters. The summed E-state index contributed by atoms with van der Waals surface area (Å²) >= 11 is 1.26. The van der Waals surface area contributed by atoms with Crippen LogP contribution < -0.4 is 19.5 Å². The molecule has 0 spiro atoms. The summed E-state index contributed by atoms with van der Waals surface area (Å²) in [5.41, 5.74) is 2.16. The van der Waals surface area contributed by atoms with Crippen molar-refractivity contribution in [3.05, 3.63) is 59.0 Å². The topological polar surface area (TPSA) is 83.1 Å². The lowest BCUT2D eigenvalue weighted by molar-refractivity contribution is 0.0529. The predicted molar refractivity (Wildman–Crippen MR) is 120 cm³/mol. The molecule has 0 radical (unpaired) electrons. The van der Waals surface area contributed by atoms with Crippen LogP contribution in [0.2, 0.25) is 0 Å². The number of methoxy groups -OCH3 is 3. The largest absolute Gasteiger partial charge is 0.497 e. The van der Waals surface area contributed by atoms with Crippen LogP contribution in [-0.2, 0) is 4.74 Å². The van der Waals surface area contributed by atoms with E-state index in [0.717, 1.165) is 5.56 Å². The van der Waals surface area contributed by atoms with Crippen molar-refractivity contribution in [3.8, 4) is 28.4 Å². The Balaban J connectivity index is 1.96. The van der Waals surface area contributed by atoms with Gasteiger partial charge in [0.15, 0.2) is 11.5 Å². The number of amides is 1. The molecule has 0 atom stereocenters. The SMILES string of the molecule is CCOC(=O)c1c(-c2ccc(OC)cc2)csc1NC(=O)c1ccc(OC)c(OC)c1. The van der Waals surface area contributed by atoms with Crippen LogP contribution in [0.15, 0.2) is 47.8 Å². The molecule has 8 heteroatoms. The van der Waals surface area contributed by atoms with Crippen molar-refractivity contribution in [1.82, 2.24) is 0 Å². The second-order valence-corrected chi connectivity index (χ2v) is 7.21. The molecule has 0 aliphatic rings. The highest BCUT2D eigenvalue weighted by molar-refractivity contribution is 7.15. The molecular weight excluding hydrogens is 418 g/mol. The first-order valence-corrected chi connectivity index (χ1v) is 10.4. The Labute approximate surface area is 184 Å². The molecule has 0 fully saturated rings. The number of nitrogens with one attached hydrogen (secondary N) is 1. The fraction of sp³-hybridized carbons (Fsp3) is 0.217. The summed E-state index contributed by atoms with van der Waals surface area (Å²) < 4.78 is 20.9. The Bertz CT molecular complexity index is 1070. The molecule has 3 aromatic rings. The van der Waals surface area contributed by atoms with Gasteiger partial charge in [0, 0.05) is 16.5 Å². The van der Waals surface area contributed by atoms with Crippen LogP contribution in [0.5, 0.6) is 17.2 Å². The maximum Gasteiger partial charge on any atom is 0.341 e. The number of esters is 1. The molecule has 162 valence electrons. The average molecular weight is 442 g/mol. The minimum Gasteiger partial charge on any atom is -0.497 e. The first kappa shape index (κ1) is 22.2. The van der Waals surface area contributed by atoms with E-state index in [-0.39, 0.29) is 12.5 Å². The van der Waals surface area contributed by atoms with Crippen molar-refractivity contribution < 1.29 is 28.5 Å². The van der Waals surface area contributed by atoms with E-state index in [4.69, 9.17) is 18.9 Å². The van der Waals surface area contributed by atoms with E-state index in [1.54, 1.807) is 32.2 Å². The molecule has 0 saturated carbocycles. The molecule has 2 aromatic carbocycles. The van der Waals surface area contributed by atoms with E-state index in [0.29, 0.717) is 38.9 Å². The van der Waals surface area contributed by atoms with Gasteiger partial charge >= 0.3 is 5.97 Å². The van der Waals surface area contributed by atoms with E-state index in [1.807, 2.05) is 29.6 Å². The van der Waals surface area contributed by atoms with Crippen LogP contribution in [-0.4, -0.2) is 39.8 Å². The summed E-state index contributed by atoms with van der Waals surface area (Å²) in [5, 5.41) is 5.05. The number of rotatable bonds is 8. The van der Waals surface area contributed by atoms with Gasteiger partial charge in [0.1, 0.15) is 16.3 Å². The number of ether oxygens (including phenoxy) is 4. The van der Waals surface area contributed by atoms with Gasteiger partial charge in [-0.15, -0.1) is 11.3 Å². The lowest BCUT2D eigenvalue weighted by atomic mass is 10.0. The number of benzene rings is 2. The number of anilines is 1. The summed E-state index contributed by atoms with van der Waals surface area (Å²) in [4.78, 5) is 25.6. The van der Waals surface area contributed by atoms with Crippen LogP contribution in [0.1, 0.15) is 27.6 Å². The zero-order valence-corrected chi connectivity index (χ0v) is 18.5. The smallest absolute Gasteiger partial charge is 0.341 e. The van der Waals surface area contributed by atoms with Crippen molar-refractivity contribution in [2.45, 2.75) is 6.92 Å². The standard InChI is InChI=1S/C23H23NO6S/c1-5-30-23(26)20-17(14-6-9-16(27-2)10-7-14)13-31-22(20)24-21(25)15-8-11-18(28-3)19(12-15)29-4/h6-13H,5H2,1-4H3,(H,24,25). The number of carbonyl (C=O) groups excluding carboxylic acids is 2. The molecule has 31 heavy (non-hydrogen) atoms. The third-order valence-electron chi connectivity index (χ3n) is 4.54. The van der Waals surface area contributed by atoms with Crippen LogP contribution >= 0.6 is 11.3 Å². The normalized spacial score (nSPS) is 10.3. The number of thiophene rings is 1. The summed E-state index contributed by atoms with van der Waals surface area (Å²) in [6.45, 7) is 1.96. The highest BCUT2D eigenvalue weighted by atomic mass is 32.1. The van der Waals surface area contributed by atoms with Gasteiger partial charge in [0.2, 0.25) is 0 Å². The third-order valence-corrected chi connectivity index (χ3v) is 5.44. The minimum atomic E-state index is -0.503. The van der Waals surface area contributed by atoms with E-state index < -0.39 is 5.97 Å². The number of hydrogen-bond donors (Lipinski definition) is 1. The van der Waals surface area contributed by atoms with Gasteiger partial charge in [-0.05, 0) is 42.8 Å². The Morgan fingerprint density at radius 2 is 1.65 bits per heavy atom. The van der Waals surface area contributed by atoms with Gasteiger partial charge in [-0.25, -0.2) is 4.79 Å². The van der Waals surface area contributed by atoms with Gasteiger partial charge in [-0.1, -0.05) is 12.1 Å². The highest BCUT2D eigenvalue weighted by Gasteiger charge is 2.23. The maximum absolute atomic E-state index is 12.9. The molecule has 1 N–H and O–H groups in total. The zero-order valence-electron chi connectivity index (χ0n) is 17.7. The molecule has 0 aliphatic carbocycles. The summed E-state index contributed by atoms with van der Waals surface area (Å²) in [7, 11) is 4.61. The second-order valence-electron chi connectivity index (χ2n) is 6.33. The highest BCUT2D eigenvalue weighted by Crippen LogP contribution is 2.37. The van der Waals surface area contributed by atoms with Crippen LogP contribution in [0, 0.1) is 0 Å². The van der Waals surface area contributed by atoms with Crippen LogP contribution in [0.3, 0.4) is 0 Å². The summed E-state index contributed by atoms with van der Waals surface area (Å²) in [6.07, 6.45) is 0. The molecule has 1 heterocycles. The van der Waals surface area contributed by atoms with Gasteiger partial charge < -0.3 is 24.3 Å². The molecule has 0 aliphatic heterocycles. The molecule has 1 amide bonds. The Kier molecular flexibility index (Phi) is 7.15. The molecule has 1 aromatic heterocycles. The fourth-order valence-electron chi connectivity index (χ4n) is 2.99. The van der Waals surface area contributed by atoms with Crippen molar-refractivity contribution in [1.29, 1.82) is 0 Å². The molecule has 0 bridgehead atoms. The van der Waals surface area contributed by atoms with Crippen molar-refractivity contribution in [3.63, 3.8) is 0 Å². The molecule has 7 nitrogen and oxygen atoms in total. The first-order chi connectivity index (χ1) is 15.0. The van der Waals surface area contributed by atoms with Crippen molar-refractivity contribution in [2.24, 2.45) is 0 Å². The van der Waals surface area contributed by atoms with Gasteiger partial charge in [0.05, 0.1) is 27.9 Å². The Hall–Kier alpha value is -3.52. The lowest BCUT2D eigenvalue weighted by Crippen LogP contribution is -2.15. The average Bonchev–Trinajstić information content (AvgIpc) is 3.22. The Morgan fingerprint density at radius 1 is 0.935 bits per heavy atom. The van der Waals surface area contributed by atoms with E-state index in [2.05, 4.69) is 5.32 Å². The van der Waals surface area contributed by atoms with Crippen molar-refractivity contribution >= 4 is 28.2 Å². The minimum absolute atomic E-state index is 0.222. The summed E-state index contributed by atoms with van der Waals surface area (Å²) in [6, 6.07) is 12.2. The molecule has 3 rings (SSSR count). The lowest BCUT2D eigenvalue weighted by Gasteiger charge is -2.11. The van der Waals surface area contributed by atoms with Crippen LogP contribution in [0.4, 0.5) is 5.00 Å². The fourth-order valence-corrected chi connectivity index (χ4v) is 3.94. The van der Waals surface area contributed by atoms with Gasteiger partial charge in [-0.2, -0.15) is 0 Å². The predicted octanol–water partition coefficient (Wildman–Crippen LogP) is 4.87. The summed E-state index contributed by atoms with van der Waals surface area (Å²) in [5.74, 6) is 0.778. The molecule has 0 saturated heterocycles. The van der Waals surface area contributed by atoms with E-state index in [1.165, 1.54) is 25.6 Å². The van der Waals surface area contributed by atoms with E-state index >= 15 is 0 Å². The Morgan fingerprint density at radius 3 is 2.26 bits per heavy atom. The monoisotopic (exact) mass is 441 g/mol. The van der Waals surface area contributed by atoms with Crippen LogP contribution in [0.25, 0.3) is 11.1 Å². The number of hydrogen-bond acceptors (Lipinski definition) is 7.